The molecular formula is C14H16FN3S. The first kappa shape index (κ1) is 14.0. The lowest BCUT2D eigenvalue weighted by Gasteiger charge is -2.08. The largest absolute Gasteiger partial charge is 0.324 e. The number of aromatic nitrogens is 2. The monoisotopic (exact) mass is 277 g/mol. The van der Waals surface area contributed by atoms with Gasteiger partial charge in [0.05, 0.1) is 4.90 Å². The Balaban J connectivity index is 2.28. The summed E-state index contributed by atoms with van der Waals surface area (Å²) in [6, 6.07) is 6.74. The van der Waals surface area contributed by atoms with Gasteiger partial charge in [-0.15, -0.1) is 0 Å². The molecule has 2 aromatic rings. The van der Waals surface area contributed by atoms with Gasteiger partial charge in [-0.3, -0.25) is 0 Å². The maximum absolute atomic E-state index is 14.0. The summed E-state index contributed by atoms with van der Waals surface area (Å²) in [6.07, 6.45) is 0. The maximum atomic E-state index is 14.0. The summed E-state index contributed by atoms with van der Waals surface area (Å²) in [5, 5.41) is 0.560. The van der Waals surface area contributed by atoms with Gasteiger partial charge in [-0.05, 0) is 56.3 Å². The molecule has 19 heavy (non-hydrogen) atoms. The molecule has 0 amide bonds. The van der Waals surface area contributed by atoms with Crippen LogP contribution in [0.15, 0.2) is 34.3 Å². The summed E-state index contributed by atoms with van der Waals surface area (Å²) >= 11 is 1.22. The molecule has 0 spiro atoms. The molecule has 100 valence electrons. The number of rotatable bonds is 3. The summed E-state index contributed by atoms with van der Waals surface area (Å²) in [5.41, 5.74) is 8.26. The number of aryl methyl sites for hydroxylation is 2. The number of hydrogen-bond donors (Lipinski definition) is 1. The van der Waals surface area contributed by atoms with Crippen LogP contribution in [-0.2, 0) is 0 Å². The highest BCUT2D eigenvalue weighted by molar-refractivity contribution is 7.99. The summed E-state index contributed by atoms with van der Waals surface area (Å²) in [6.45, 7) is 5.62. The smallest absolute Gasteiger partial charge is 0.192 e. The van der Waals surface area contributed by atoms with E-state index in [9.17, 15) is 4.39 Å². The molecule has 2 rings (SSSR count). The molecule has 0 fully saturated rings. The number of nitrogens with zero attached hydrogens (tertiary/aromatic N) is 2. The van der Waals surface area contributed by atoms with Crippen molar-refractivity contribution in [3.8, 4) is 0 Å². The molecule has 1 atom stereocenters. The van der Waals surface area contributed by atoms with Crippen LogP contribution in [0, 0.1) is 19.7 Å². The van der Waals surface area contributed by atoms with Gasteiger partial charge in [0, 0.05) is 17.4 Å². The molecule has 0 saturated carbocycles. The molecule has 1 aromatic carbocycles. The Bertz CT molecular complexity index is 579. The Morgan fingerprint density at radius 1 is 1.16 bits per heavy atom. The van der Waals surface area contributed by atoms with Crippen LogP contribution < -0.4 is 5.73 Å². The van der Waals surface area contributed by atoms with E-state index in [1.807, 2.05) is 32.9 Å². The third-order valence-corrected chi connectivity index (χ3v) is 3.56. The van der Waals surface area contributed by atoms with E-state index in [4.69, 9.17) is 5.73 Å². The van der Waals surface area contributed by atoms with Crippen LogP contribution in [0.4, 0.5) is 4.39 Å². The van der Waals surface area contributed by atoms with Crippen LogP contribution in [0.5, 0.6) is 0 Å². The van der Waals surface area contributed by atoms with Crippen LogP contribution >= 0.6 is 11.8 Å². The molecule has 0 aliphatic rings. The Morgan fingerprint density at radius 2 is 1.79 bits per heavy atom. The Morgan fingerprint density at radius 3 is 2.32 bits per heavy atom. The number of benzene rings is 1. The van der Waals surface area contributed by atoms with Gasteiger partial charge < -0.3 is 5.73 Å². The quantitative estimate of drug-likeness (QED) is 0.874. The van der Waals surface area contributed by atoms with E-state index in [1.54, 1.807) is 6.07 Å². The van der Waals surface area contributed by atoms with Crippen LogP contribution in [0.25, 0.3) is 0 Å². The van der Waals surface area contributed by atoms with Crippen LogP contribution in [0.1, 0.15) is 29.9 Å². The molecule has 0 radical (unpaired) electrons. The van der Waals surface area contributed by atoms with Gasteiger partial charge >= 0.3 is 0 Å². The lowest BCUT2D eigenvalue weighted by molar-refractivity contribution is 0.596. The van der Waals surface area contributed by atoms with Gasteiger partial charge in [-0.1, -0.05) is 6.07 Å². The van der Waals surface area contributed by atoms with Gasteiger partial charge in [-0.25, -0.2) is 14.4 Å². The zero-order valence-corrected chi connectivity index (χ0v) is 12.0. The van der Waals surface area contributed by atoms with Gasteiger partial charge in [0.25, 0.3) is 0 Å². The summed E-state index contributed by atoms with van der Waals surface area (Å²) in [7, 11) is 0. The average Bonchev–Trinajstić information content (AvgIpc) is 2.30. The second-order valence-electron chi connectivity index (χ2n) is 4.51. The molecule has 0 bridgehead atoms. The average molecular weight is 277 g/mol. The first-order valence-electron chi connectivity index (χ1n) is 6.01. The topological polar surface area (TPSA) is 51.8 Å². The fourth-order valence-corrected chi connectivity index (χ4v) is 2.59. The van der Waals surface area contributed by atoms with Crippen molar-refractivity contribution in [2.24, 2.45) is 5.73 Å². The van der Waals surface area contributed by atoms with Gasteiger partial charge in [0.15, 0.2) is 5.16 Å². The first-order valence-corrected chi connectivity index (χ1v) is 6.82. The predicted molar refractivity (Wildman–Crippen MR) is 74.6 cm³/mol. The minimum absolute atomic E-state index is 0.175. The van der Waals surface area contributed by atoms with Gasteiger partial charge in [0.1, 0.15) is 5.82 Å². The van der Waals surface area contributed by atoms with Crippen molar-refractivity contribution in [1.29, 1.82) is 0 Å². The minimum atomic E-state index is -0.289. The van der Waals surface area contributed by atoms with Crippen molar-refractivity contribution in [3.05, 3.63) is 47.0 Å². The fraction of sp³-hybridized carbons (Fsp3) is 0.286. The van der Waals surface area contributed by atoms with Gasteiger partial charge in [0.2, 0.25) is 0 Å². The van der Waals surface area contributed by atoms with E-state index < -0.39 is 0 Å². The van der Waals surface area contributed by atoms with Crippen molar-refractivity contribution in [2.75, 3.05) is 0 Å². The van der Waals surface area contributed by atoms with Crippen molar-refractivity contribution >= 4 is 11.8 Å². The standard InChI is InChI=1S/C14H16FN3S/c1-8-6-9(2)18-14(17-8)19-13-5-4-11(10(3)16)7-12(13)15/h4-7,10H,16H2,1-3H3. The normalized spacial score (nSPS) is 12.5. The second-order valence-corrected chi connectivity index (χ2v) is 5.52. The Hall–Kier alpha value is -1.46. The van der Waals surface area contributed by atoms with Crippen LogP contribution in [0.3, 0.4) is 0 Å². The molecule has 2 N–H and O–H groups in total. The predicted octanol–water partition coefficient (Wildman–Crippen LogP) is 3.40. The van der Waals surface area contributed by atoms with E-state index in [2.05, 4.69) is 9.97 Å². The molecule has 0 saturated heterocycles. The first-order chi connectivity index (χ1) is 8.95. The fourth-order valence-electron chi connectivity index (χ4n) is 1.72. The summed E-state index contributed by atoms with van der Waals surface area (Å²) in [5.74, 6) is -0.289. The molecular weight excluding hydrogens is 261 g/mol. The maximum Gasteiger partial charge on any atom is 0.192 e. The molecule has 1 unspecified atom stereocenters. The molecule has 1 heterocycles. The molecule has 0 aliphatic carbocycles. The van der Waals surface area contributed by atoms with E-state index in [0.29, 0.717) is 10.1 Å². The van der Waals surface area contributed by atoms with Crippen molar-refractivity contribution in [1.82, 2.24) is 9.97 Å². The van der Waals surface area contributed by atoms with E-state index in [0.717, 1.165) is 17.0 Å². The Kier molecular flexibility index (Phi) is 4.17. The molecule has 1 aromatic heterocycles. The van der Waals surface area contributed by atoms with Crippen molar-refractivity contribution in [3.63, 3.8) is 0 Å². The van der Waals surface area contributed by atoms with Crippen LogP contribution in [0.2, 0.25) is 0 Å². The lowest BCUT2D eigenvalue weighted by atomic mass is 10.1. The molecule has 3 nitrogen and oxygen atoms in total. The molecule has 0 aliphatic heterocycles. The van der Waals surface area contributed by atoms with E-state index in [-0.39, 0.29) is 11.9 Å². The van der Waals surface area contributed by atoms with Gasteiger partial charge in [-0.2, -0.15) is 0 Å². The van der Waals surface area contributed by atoms with Crippen molar-refractivity contribution in [2.45, 2.75) is 36.9 Å². The third-order valence-electron chi connectivity index (χ3n) is 2.64. The molecule has 5 heteroatoms. The summed E-state index contributed by atoms with van der Waals surface area (Å²) in [4.78, 5) is 9.09. The van der Waals surface area contributed by atoms with E-state index in [1.165, 1.54) is 17.8 Å². The third kappa shape index (κ3) is 3.52. The second kappa shape index (κ2) is 5.67. The highest BCUT2D eigenvalue weighted by Gasteiger charge is 2.10. The minimum Gasteiger partial charge on any atom is -0.324 e. The summed E-state index contributed by atoms with van der Waals surface area (Å²) < 4.78 is 14.0. The van der Waals surface area contributed by atoms with E-state index >= 15 is 0 Å². The number of halogens is 1. The number of hydrogen-bond acceptors (Lipinski definition) is 4. The number of nitrogens with two attached hydrogens (primary N) is 1. The zero-order chi connectivity index (χ0) is 14.0. The lowest BCUT2D eigenvalue weighted by Crippen LogP contribution is -2.05. The SMILES string of the molecule is Cc1cc(C)nc(Sc2ccc(C(C)N)cc2F)n1. The highest BCUT2D eigenvalue weighted by Crippen LogP contribution is 2.29. The highest BCUT2D eigenvalue weighted by atomic mass is 32.2. The van der Waals surface area contributed by atoms with Crippen molar-refractivity contribution < 1.29 is 4.39 Å². The van der Waals surface area contributed by atoms with Crippen LogP contribution in [-0.4, -0.2) is 9.97 Å². The zero-order valence-electron chi connectivity index (χ0n) is 11.1. The Labute approximate surface area is 116 Å².